The van der Waals surface area contributed by atoms with Crippen LogP contribution in [-0.2, 0) is 11.3 Å². The van der Waals surface area contributed by atoms with E-state index in [9.17, 15) is 9.59 Å². The number of hydrogen-bond donors (Lipinski definition) is 1. The molecule has 0 unspecified atom stereocenters. The van der Waals surface area contributed by atoms with Gasteiger partial charge in [-0.25, -0.2) is 4.98 Å². The van der Waals surface area contributed by atoms with Gasteiger partial charge in [0.1, 0.15) is 12.4 Å². The highest BCUT2D eigenvalue weighted by Gasteiger charge is 2.18. The van der Waals surface area contributed by atoms with Crippen LogP contribution >= 0.6 is 15.9 Å². The number of anilines is 1. The summed E-state index contributed by atoms with van der Waals surface area (Å²) in [5.74, 6) is 0.536. The number of nitrogens with zero attached hydrogens (tertiary/aromatic N) is 4. The van der Waals surface area contributed by atoms with E-state index in [2.05, 4.69) is 28.2 Å². The molecule has 0 radical (unpaired) electrons. The molecule has 1 N–H and O–H groups in total. The largest absolute Gasteiger partial charge is 0.335 e. The number of carbonyl (C=O) groups is 1. The number of para-hydroxylation sites is 1. The predicted octanol–water partition coefficient (Wildman–Crippen LogP) is 6.76. The SMILES string of the molecule is CC[C@H](C)c1nc2ccc(Br)cc2c(=O)n1N=Cc1c(C)n(CC(=O)Nc2ccc(C)cc2)c2ccccc12. The second kappa shape index (κ2) is 11.0. The average molecular weight is 585 g/mol. The first-order valence-corrected chi connectivity index (χ1v) is 13.8. The van der Waals surface area contributed by atoms with Gasteiger partial charge in [0, 0.05) is 38.2 Å². The topological polar surface area (TPSA) is 81.3 Å². The highest BCUT2D eigenvalue weighted by atomic mass is 79.9. The Kier molecular flexibility index (Phi) is 7.48. The summed E-state index contributed by atoms with van der Waals surface area (Å²) in [4.78, 5) is 31.3. The van der Waals surface area contributed by atoms with E-state index in [-0.39, 0.29) is 23.9 Å². The number of halogens is 1. The molecule has 39 heavy (non-hydrogen) atoms. The fourth-order valence-electron chi connectivity index (χ4n) is 4.70. The Morgan fingerprint density at radius 1 is 1.08 bits per heavy atom. The van der Waals surface area contributed by atoms with Crippen LogP contribution in [0.4, 0.5) is 5.69 Å². The van der Waals surface area contributed by atoms with Gasteiger partial charge < -0.3 is 9.88 Å². The van der Waals surface area contributed by atoms with Crippen LogP contribution in [0.15, 0.2) is 81.1 Å². The van der Waals surface area contributed by atoms with E-state index >= 15 is 0 Å². The molecular formula is C31H30BrN5O2. The quantitative estimate of drug-likeness (QED) is 0.215. The molecule has 0 aliphatic carbocycles. The van der Waals surface area contributed by atoms with Gasteiger partial charge in [-0.05, 0) is 56.7 Å². The van der Waals surface area contributed by atoms with E-state index in [1.165, 1.54) is 4.68 Å². The lowest BCUT2D eigenvalue weighted by Gasteiger charge is -2.14. The normalized spacial score (nSPS) is 12.4. The highest BCUT2D eigenvalue weighted by Crippen LogP contribution is 2.26. The van der Waals surface area contributed by atoms with Crippen LogP contribution in [0.2, 0.25) is 0 Å². The van der Waals surface area contributed by atoms with Crippen LogP contribution < -0.4 is 10.9 Å². The van der Waals surface area contributed by atoms with Crippen molar-refractivity contribution in [3.63, 3.8) is 0 Å². The number of aryl methyl sites for hydroxylation is 1. The summed E-state index contributed by atoms with van der Waals surface area (Å²) < 4.78 is 4.20. The van der Waals surface area contributed by atoms with Crippen molar-refractivity contribution < 1.29 is 4.79 Å². The molecule has 0 aliphatic rings. The minimum absolute atomic E-state index is 0.0378. The van der Waals surface area contributed by atoms with Crippen molar-refractivity contribution in [1.82, 2.24) is 14.2 Å². The molecule has 2 aromatic heterocycles. The Hall–Kier alpha value is -4.04. The van der Waals surface area contributed by atoms with Crippen molar-refractivity contribution in [2.24, 2.45) is 5.10 Å². The number of amides is 1. The minimum atomic E-state index is -0.216. The van der Waals surface area contributed by atoms with Crippen molar-refractivity contribution in [1.29, 1.82) is 0 Å². The van der Waals surface area contributed by atoms with Crippen molar-refractivity contribution in [2.45, 2.75) is 46.6 Å². The second-order valence-electron chi connectivity index (χ2n) is 9.82. The molecule has 0 bridgehead atoms. The van der Waals surface area contributed by atoms with Crippen LogP contribution in [0.25, 0.3) is 21.8 Å². The number of benzene rings is 3. The number of hydrogen-bond acceptors (Lipinski definition) is 4. The summed E-state index contributed by atoms with van der Waals surface area (Å²) in [6.45, 7) is 8.24. The van der Waals surface area contributed by atoms with Gasteiger partial charge in [-0.3, -0.25) is 9.59 Å². The van der Waals surface area contributed by atoms with Crippen molar-refractivity contribution in [3.8, 4) is 0 Å². The number of fused-ring (bicyclic) bond motifs is 2. The van der Waals surface area contributed by atoms with E-state index in [1.54, 1.807) is 12.3 Å². The second-order valence-corrected chi connectivity index (χ2v) is 10.7. The van der Waals surface area contributed by atoms with Crippen molar-refractivity contribution in [3.05, 3.63) is 104 Å². The Bertz CT molecular complexity index is 1780. The molecule has 0 saturated carbocycles. The molecule has 2 heterocycles. The molecule has 1 atom stereocenters. The third-order valence-corrected chi connectivity index (χ3v) is 7.60. The number of aromatic nitrogens is 3. The zero-order valence-electron chi connectivity index (χ0n) is 22.4. The first-order valence-electron chi connectivity index (χ1n) is 13.0. The highest BCUT2D eigenvalue weighted by molar-refractivity contribution is 9.10. The number of rotatable bonds is 7. The van der Waals surface area contributed by atoms with E-state index in [1.807, 2.05) is 86.0 Å². The summed E-state index contributed by atoms with van der Waals surface area (Å²) in [7, 11) is 0. The van der Waals surface area contributed by atoms with Gasteiger partial charge in [0.05, 0.1) is 17.1 Å². The Balaban J connectivity index is 1.56. The van der Waals surface area contributed by atoms with Crippen LogP contribution in [0.1, 0.15) is 48.8 Å². The van der Waals surface area contributed by atoms with E-state index in [0.29, 0.717) is 16.7 Å². The predicted molar refractivity (Wildman–Crippen MR) is 162 cm³/mol. The maximum atomic E-state index is 13.6. The van der Waals surface area contributed by atoms with Crippen molar-refractivity contribution in [2.75, 3.05) is 5.32 Å². The molecular weight excluding hydrogens is 554 g/mol. The van der Waals surface area contributed by atoms with Gasteiger partial charge in [-0.15, -0.1) is 0 Å². The van der Waals surface area contributed by atoms with Crippen LogP contribution in [0.5, 0.6) is 0 Å². The Morgan fingerprint density at radius 2 is 1.82 bits per heavy atom. The fraction of sp³-hybridized carbons (Fsp3) is 0.226. The zero-order chi connectivity index (χ0) is 27.7. The summed E-state index contributed by atoms with van der Waals surface area (Å²) in [5, 5.41) is 9.13. The zero-order valence-corrected chi connectivity index (χ0v) is 24.0. The first kappa shape index (κ1) is 26.6. The van der Waals surface area contributed by atoms with Gasteiger partial charge in [0.2, 0.25) is 5.91 Å². The molecule has 0 saturated heterocycles. The lowest BCUT2D eigenvalue weighted by Crippen LogP contribution is -2.23. The minimum Gasteiger partial charge on any atom is -0.335 e. The molecule has 5 rings (SSSR count). The van der Waals surface area contributed by atoms with E-state index < -0.39 is 0 Å². The lowest BCUT2D eigenvalue weighted by molar-refractivity contribution is -0.116. The molecule has 3 aromatic carbocycles. The molecule has 0 aliphatic heterocycles. The summed E-state index contributed by atoms with van der Waals surface area (Å²) in [6, 6.07) is 21.2. The maximum Gasteiger partial charge on any atom is 0.282 e. The molecule has 7 nitrogen and oxygen atoms in total. The molecule has 0 fully saturated rings. The van der Waals surface area contributed by atoms with Gasteiger partial charge in [-0.2, -0.15) is 9.78 Å². The lowest BCUT2D eigenvalue weighted by atomic mass is 10.1. The van der Waals surface area contributed by atoms with Gasteiger partial charge in [-0.1, -0.05) is 65.7 Å². The van der Waals surface area contributed by atoms with Crippen LogP contribution in [0.3, 0.4) is 0 Å². The molecule has 0 spiro atoms. The maximum absolute atomic E-state index is 13.6. The summed E-state index contributed by atoms with van der Waals surface area (Å²) in [5.41, 5.74) is 4.98. The first-order chi connectivity index (χ1) is 18.8. The fourth-order valence-corrected chi connectivity index (χ4v) is 5.06. The van der Waals surface area contributed by atoms with E-state index in [4.69, 9.17) is 10.1 Å². The van der Waals surface area contributed by atoms with Gasteiger partial charge >= 0.3 is 0 Å². The van der Waals surface area contributed by atoms with Crippen molar-refractivity contribution >= 4 is 55.5 Å². The number of nitrogens with one attached hydrogen (secondary N) is 1. The smallest absolute Gasteiger partial charge is 0.282 e. The molecule has 8 heteroatoms. The summed E-state index contributed by atoms with van der Waals surface area (Å²) in [6.07, 6.45) is 2.53. The van der Waals surface area contributed by atoms with Crippen LogP contribution in [0, 0.1) is 13.8 Å². The van der Waals surface area contributed by atoms with Crippen LogP contribution in [-0.4, -0.2) is 26.3 Å². The third kappa shape index (κ3) is 5.29. The summed E-state index contributed by atoms with van der Waals surface area (Å²) >= 11 is 3.46. The van der Waals surface area contributed by atoms with E-state index in [0.717, 1.165) is 44.3 Å². The van der Waals surface area contributed by atoms with Gasteiger partial charge in [0.25, 0.3) is 5.56 Å². The standard InChI is InChI=1S/C31H30BrN5O2/c1-5-20(3)30-35-27-15-12-22(32)16-25(27)31(39)37(30)33-17-26-21(4)36(28-9-7-6-8-24(26)28)18-29(38)34-23-13-10-19(2)11-14-23/h6-17,20H,5,18H2,1-4H3,(H,34,38)/t20-/m0/s1. The third-order valence-electron chi connectivity index (χ3n) is 7.11. The molecule has 1 amide bonds. The monoisotopic (exact) mass is 583 g/mol. The molecule has 198 valence electrons. The average Bonchev–Trinajstić information content (AvgIpc) is 3.19. The molecule has 5 aromatic rings. The number of carbonyl (C=O) groups excluding carboxylic acids is 1. The Labute approximate surface area is 235 Å². The Morgan fingerprint density at radius 3 is 2.56 bits per heavy atom. The van der Waals surface area contributed by atoms with Gasteiger partial charge in [0.15, 0.2) is 0 Å².